The van der Waals surface area contributed by atoms with E-state index in [1.807, 2.05) is 13.8 Å². The van der Waals surface area contributed by atoms with Gasteiger partial charge in [0.15, 0.2) is 0 Å². The molecule has 0 radical (unpaired) electrons. The van der Waals surface area contributed by atoms with E-state index < -0.39 is 0 Å². The molecule has 5 heteroatoms. The zero-order chi connectivity index (χ0) is 15.7. The fraction of sp³-hybridized carbons (Fsp3) is 0.938. The van der Waals surface area contributed by atoms with Crippen molar-refractivity contribution < 1.29 is 9.90 Å². The Hall–Kier alpha value is -0.810. The first-order chi connectivity index (χ1) is 10.0. The number of carbonyl (C=O) groups is 1. The Morgan fingerprint density at radius 3 is 2.76 bits per heavy atom. The Morgan fingerprint density at radius 2 is 2.14 bits per heavy atom. The molecule has 2 atom stereocenters. The second-order valence-corrected chi connectivity index (χ2v) is 6.36. The first-order valence-electron chi connectivity index (χ1n) is 8.45. The maximum absolute atomic E-state index is 12.0. The summed E-state index contributed by atoms with van der Waals surface area (Å²) >= 11 is 0. The number of hydrogen-bond acceptors (Lipinski definition) is 3. The number of hydrogen-bond donors (Lipinski definition) is 3. The van der Waals surface area contributed by atoms with E-state index in [2.05, 4.69) is 22.5 Å². The summed E-state index contributed by atoms with van der Waals surface area (Å²) < 4.78 is 0. The van der Waals surface area contributed by atoms with Gasteiger partial charge in [0, 0.05) is 31.3 Å². The molecule has 21 heavy (non-hydrogen) atoms. The maximum atomic E-state index is 12.0. The van der Waals surface area contributed by atoms with Gasteiger partial charge in [-0.2, -0.15) is 0 Å². The van der Waals surface area contributed by atoms with Gasteiger partial charge in [-0.25, -0.2) is 4.79 Å². The lowest BCUT2D eigenvalue weighted by molar-refractivity contribution is 0.144. The van der Waals surface area contributed by atoms with E-state index in [1.165, 1.54) is 25.7 Å². The predicted molar refractivity (Wildman–Crippen MR) is 86.4 cm³/mol. The standard InChI is InChI=1S/C16H33N3O2/c1-4-14-8-6-7-11-19(14)12-10-17-15(21)18-16(3,5-2)9-13-20/h14,20H,4-13H2,1-3H3,(H2,17,18,21). The highest BCUT2D eigenvalue weighted by Crippen LogP contribution is 2.18. The van der Waals surface area contributed by atoms with E-state index in [0.717, 1.165) is 19.5 Å². The highest BCUT2D eigenvalue weighted by Gasteiger charge is 2.24. The van der Waals surface area contributed by atoms with Crippen LogP contribution in [0.5, 0.6) is 0 Å². The van der Waals surface area contributed by atoms with Crippen LogP contribution in [0.2, 0.25) is 0 Å². The van der Waals surface area contributed by atoms with E-state index in [4.69, 9.17) is 5.11 Å². The number of piperidine rings is 1. The highest BCUT2D eigenvalue weighted by atomic mass is 16.3. The minimum absolute atomic E-state index is 0.0938. The molecule has 1 fully saturated rings. The summed E-state index contributed by atoms with van der Waals surface area (Å²) in [5, 5.41) is 15.0. The summed E-state index contributed by atoms with van der Waals surface area (Å²) in [6, 6.07) is 0.553. The number of urea groups is 1. The topological polar surface area (TPSA) is 64.6 Å². The van der Waals surface area contributed by atoms with Gasteiger partial charge in [-0.3, -0.25) is 4.90 Å². The molecule has 124 valence electrons. The van der Waals surface area contributed by atoms with Gasteiger partial charge in [0.2, 0.25) is 0 Å². The van der Waals surface area contributed by atoms with Gasteiger partial charge in [-0.15, -0.1) is 0 Å². The lowest BCUT2D eigenvalue weighted by atomic mass is 9.95. The van der Waals surface area contributed by atoms with Crippen LogP contribution in [-0.4, -0.2) is 53.9 Å². The molecule has 3 N–H and O–H groups in total. The number of amides is 2. The summed E-state index contributed by atoms with van der Waals surface area (Å²) in [4.78, 5) is 14.5. The van der Waals surface area contributed by atoms with Gasteiger partial charge in [0.1, 0.15) is 0 Å². The molecule has 0 bridgehead atoms. The van der Waals surface area contributed by atoms with Gasteiger partial charge in [0.05, 0.1) is 0 Å². The first-order valence-corrected chi connectivity index (χ1v) is 8.45. The second kappa shape index (κ2) is 9.26. The van der Waals surface area contributed by atoms with Crippen LogP contribution in [-0.2, 0) is 0 Å². The van der Waals surface area contributed by atoms with Gasteiger partial charge in [0.25, 0.3) is 0 Å². The van der Waals surface area contributed by atoms with Crippen molar-refractivity contribution in [2.75, 3.05) is 26.2 Å². The Labute approximate surface area is 129 Å². The normalized spacial score (nSPS) is 22.6. The van der Waals surface area contributed by atoms with Crippen LogP contribution in [0.15, 0.2) is 0 Å². The lowest BCUT2D eigenvalue weighted by Crippen LogP contribution is -2.52. The van der Waals surface area contributed by atoms with Crippen LogP contribution < -0.4 is 10.6 Å². The molecule has 1 rings (SSSR count). The van der Waals surface area contributed by atoms with Crippen molar-refractivity contribution in [1.29, 1.82) is 0 Å². The molecular formula is C16H33N3O2. The highest BCUT2D eigenvalue weighted by molar-refractivity contribution is 5.74. The van der Waals surface area contributed by atoms with Crippen LogP contribution in [0.1, 0.15) is 59.3 Å². The Kier molecular flexibility index (Phi) is 8.04. The molecule has 0 aromatic rings. The number of nitrogens with one attached hydrogen (secondary N) is 2. The van der Waals surface area contributed by atoms with Crippen molar-refractivity contribution in [2.45, 2.75) is 70.9 Å². The third kappa shape index (κ3) is 6.22. The zero-order valence-electron chi connectivity index (χ0n) is 14.0. The van der Waals surface area contributed by atoms with Gasteiger partial charge < -0.3 is 15.7 Å². The molecule has 0 spiro atoms. The molecule has 0 saturated carbocycles. The monoisotopic (exact) mass is 299 g/mol. The fourth-order valence-corrected chi connectivity index (χ4v) is 3.02. The van der Waals surface area contributed by atoms with E-state index in [0.29, 0.717) is 19.0 Å². The smallest absolute Gasteiger partial charge is 0.315 e. The molecule has 0 aromatic heterocycles. The molecule has 1 saturated heterocycles. The molecule has 2 amide bonds. The van der Waals surface area contributed by atoms with Crippen molar-refractivity contribution in [2.24, 2.45) is 0 Å². The van der Waals surface area contributed by atoms with Gasteiger partial charge in [-0.1, -0.05) is 20.3 Å². The van der Waals surface area contributed by atoms with Gasteiger partial charge >= 0.3 is 6.03 Å². The van der Waals surface area contributed by atoms with E-state index >= 15 is 0 Å². The predicted octanol–water partition coefficient (Wildman–Crippen LogP) is 2.10. The zero-order valence-corrected chi connectivity index (χ0v) is 14.0. The summed E-state index contributed by atoms with van der Waals surface area (Å²) in [6.07, 6.45) is 6.47. The number of rotatable bonds is 8. The Morgan fingerprint density at radius 1 is 1.38 bits per heavy atom. The van der Waals surface area contributed by atoms with E-state index in [9.17, 15) is 4.79 Å². The third-order valence-corrected chi connectivity index (χ3v) is 4.76. The summed E-state index contributed by atoms with van der Waals surface area (Å²) in [6.45, 7) is 9.09. The molecule has 2 unspecified atom stereocenters. The quantitative estimate of drug-likeness (QED) is 0.643. The molecule has 0 aliphatic carbocycles. The van der Waals surface area contributed by atoms with Gasteiger partial charge in [-0.05, 0) is 45.6 Å². The summed E-state index contributed by atoms with van der Waals surface area (Å²) in [5.41, 5.74) is -0.324. The molecule has 5 nitrogen and oxygen atoms in total. The van der Waals surface area contributed by atoms with Crippen LogP contribution in [0.3, 0.4) is 0 Å². The van der Waals surface area contributed by atoms with Crippen LogP contribution in [0.4, 0.5) is 4.79 Å². The Bertz CT molecular complexity index is 312. The molecule has 1 aliphatic rings. The number of aliphatic hydroxyl groups is 1. The lowest BCUT2D eigenvalue weighted by Gasteiger charge is -2.35. The Balaban J connectivity index is 2.29. The van der Waals surface area contributed by atoms with Crippen molar-refractivity contribution in [3.63, 3.8) is 0 Å². The van der Waals surface area contributed by atoms with Crippen LogP contribution >= 0.6 is 0 Å². The average Bonchev–Trinajstić information content (AvgIpc) is 2.48. The summed E-state index contributed by atoms with van der Waals surface area (Å²) in [5.74, 6) is 0. The SMILES string of the molecule is CCC1CCCCN1CCNC(=O)NC(C)(CC)CCO. The van der Waals surface area contributed by atoms with Crippen molar-refractivity contribution in [3.8, 4) is 0 Å². The van der Waals surface area contributed by atoms with Crippen LogP contribution in [0, 0.1) is 0 Å². The maximum Gasteiger partial charge on any atom is 0.315 e. The minimum atomic E-state index is -0.324. The van der Waals surface area contributed by atoms with Crippen LogP contribution in [0.25, 0.3) is 0 Å². The largest absolute Gasteiger partial charge is 0.396 e. The number of carbonyl (C=O) groups excluding carboxylic acids is 1. The van der Waals surface area contributed by atoms with Crippen molar-refractivity contribution in [1.82, 2.24) is 15.5 Å². The number of nitrogens with zero attached hydrogens (tertiary/aromatic N) is 1. The second-order valence-electron chi connectivity index (χ2n) is 6.36. The fourth-order valence-electron chi connectivity index (χ4n) is 3.02. The van der Waals surface area contributed by atoms with Crippen molar-refractivity contribution >= 4 is 6.03 Å². The van der Waals surface area contributed by atoms with E-state index in [1.54, 1.807) is 0 Å². The third-order valence-electron chi connectivity index (χ3n) is 4.76. The average molecular weight is 299 g/mol. The molecular weight excluding hydrogens is 266 g/mol. The number of aliphatic hydroxyl groups excluding tert-OH is 1. The summed E-state index contributed by atoms with van der Waals surface area (Å²) in [7, 11) is 0. The van der Waals surface area contributed by atoms with E-state index in [-0.39, 0.29) is 18.2 Å². The molecule has 1 heterocycles. The minimum Gasteiger partial charge on any atom is -0.396 e. The molecule has 0 aromatic carbocycles. The number of likely N-dealkylation sites (tertiary alicyclic amines) is 1. The molecule has 1 aliphatic heterocycles. The van der Waals surface area contributed by atoms with Crippen molar-refractivity contribution in [3.05, 3.63) is 0 Å². The first kappa shape index (κ1) is 18.2.